The van der Waals surface area contributed by atoms with Crippen LogP contribution in [0.5, 0.6) is 11.5 Å². The largest absolute Gasteiger partial charge is 0.593 e. The van der Waals surface area contributed by atoms with Crippen LogP contribution in [-0.2, 0) is 24.1 Å². The minimum atomic E-state index is -4.68. The van der Waals surface area contributed by atoms with Gasteiger partial charge in [0.15, 0.2) is 16.4 Å². The first-order valence-electron chi connectivity index (χ1n) is 11.6. The Morgan fingerprint density at radius 2 is 1.79 bits per heavy atom. The van der Waals surface area contributed by atoms with E-state index in [1.165, 1.54) is 22.5 Å². The van der Waals surface area contributed by atoms with Gasteiger partial charge < -0.3 is 24.2 Å². The number of halogens is 3. The lowest BCUT2D eigenvalue weighted by Crippen LogP contribution is -2.48. The predicted molar refractivity (Wildman–Crippen MR) is 133 cm³/mol. The summed E-state index contributed by atoms with van der Waals surface area (Å²) in [6.45, 7) is -1.18. The Morgan fingerprint density at radius 1 is 1.05 bits per heavy atom. The van der Waals surface area contributed by atoms with E-state index in [-0.39, 0.29) is 36.1 Å². The molecule has 1 aliphatic heterocycles. The fourth-order valence-electron chi connectivity index (χ4n) is 4.01. The summed E-state index contributed by atoms with van der Waals surface area (Å²) >= 11 is -2.15. The van der Waals surface area contributed by atoms with Gasteiger partial charge in [-0.2, -0.15) is 23.7 Å². The Kier molecular flexibility index (Phi) is 8.35. The SMILES string of the molecule is N#Cc1ccc(O[C@H]2CN([S+]([O-])c3ccc(C(F)(F)F)cc3C#N)CC2(O)CO)c(OCc2ccccc2)c1. The van der Waals surface area contributed by atoms with Gasteiger partial charge in [0.2, 0.25) is 0 Å². The lowest BCUT2D eigenvalue weighted by atomic mass is 10.0. The summed E-state index contributed by atoms with van der Waals surface area (Å²) in [7, 11) is 0. The number of nitriles is 2. The summed E-state index contributed by atoms with van der Waals surface area (Å²) in [5.41, 5.74) is -2.24. The smallest absolute Gasteiger partial charge is 0.416 e. The number of β-amino-alcohol motifs (C(OH)–C–C–N with tert-alkyl or cyclic N) is 1. The van der Waals surface area contributed by atoms with E-state index in [0.717, 1.165) is 17.7 Å². The third-order valence-corrected chi connectivity index (χ3v) is 7.60. The number of rotatable bonds is 8. The van der Waals surface area contributed by atoms with Crippen LogP contribution in [0.3, 0.4) is 0 Å². The Hall–Kier alpha value is -3.78. The number of ether oxygens (including phenoxy) is 2. The Labute approximate surface area is 225 Å². The highest BCUT2D eigenvalue weighted by Crippen LogP contribution is 2.37. The van der Waals surface area contributed by atoms with Crippen molar-refractivity contribution < 1.29 is 37.4 Å². The first-order valence-corrected chi connectivity index (χ1v) is 12.7. The Morgan fingerprint density at radius 3 is 2.44 bits per heavy atom. The molecule has 0 saturated carbocycles. The van der Waals surface area contributed by atoms with Gasteiger partial charge in [0.25, 0.3) is 0 Å². The van der Waals surface area contributed by atoms with Gasteiger partial charge in [-0.25, -0.2) is 0 Å². The molecule has 0 aliphatic carbocycles. The van der Waals surface area contributed by atoms with Crippen LogP contribution in [0.1, 0.15) is 22.3 Å². The number of hydrogen-bond acceptors (Lipinski definition) is 8. The molecule has 1 saturated heterocycles. The van der Waals surface area contributed by atoms with Crippen LogP contribution in [0.4, 0.5) is 13.2 Å². The second-order valence-corrected chi connectivity index (χ2v) is 10.3. The highest BCUT2D eigenvalue weighted by atomic mass is 32.2. The zero-order valence-electron chi connectivity index (χ0n) is 20.3. The molecule has 39 heavy (non-hydrogen) atoms. The van der Waals surface area contributed by atoms with Crippen molar-refractivity contribution in [2.45, 2.75) is 29.4 Å². The zero-order chi connectivity index (χ0) is 28.2. The lowest BCUT2D eigenvalue weighted by Gasteiger charge is -2.27. The van der Waals surface area contributed by atoms with Gasteiger partial charge in [-0.05, 0) is 35.9 Å². The van der Waals surface area contributed by atoms with Gasteiger partial charge in [0.05, 0.1) is 48.3 Å². The molecule has 3 atom stereocenters. The van der Waals surface area contributed by atoms with Crippen molar-refractivity contribution in [1.82, 2.24) is 4.31 Å². The van der Waals surface area contributed by atoms with E-state index < -0.39 is 47.0 Å². The number of aliphatic hydroxyl groups is 2. The molecule has 1 aliphatic rings. The molecule has 3 aromatic rings. The van der Waals surface area contributed by atoms with Crippen LogP contribution in [0.25, 0.3) is 0 Å². The van der Waals surface area contributed by atoms with Crippen LogP contribution in [0.15, 0.2) is 71.6 Å². The summed E-state index contributed by atoms with van der Waals surface area (Å²) in [4.78, 5) is -0.170. The number of alkyl halides is 3. The van der Waals surface area contributed by atoms with Crippen LogP contribution >= 0.6 is 0 Å². The van der Waals surface area contributed by atoms with E-state index in [2.05, 4.69) is 0 Å². The van der Waals surface area contributed by atoms with Gasteiger partial charge in [0.1, 0.15) is 29.9 Å². The molecule has 1 fully saturated rings. The van der Waals surface area contributed by atoms with Crippen molar-refractivity contribution in [2.75, 3.05) is 19.7 Å². The second-order valence-electron chi connectivity index (χ2n) is 8.81. The van der Waals surface area contributed by atoms with Crippen molar-refractivity contribution in [3.8, 4) is 23.6 Å². The van der Waals surface area contributed by atoms with Crippen molar-refractivity contribution in [3.63, 3.8) is 0 Å². The Balaban J connectivity index is 1.57. The molecule has 0 aromatic heterocycles. The number of benzene rings is 3. The molecule has 0 radical (unpaired) electrons. The molecule has 4 rings (SSSR count). The number of aliphatic hydroxyl groups excluding tert-OH is 1. The lowest BCUT2D eigenvalue weighted by molar-refractivity contribution is -0.137. The highest BCUT2D eigenvalue weighted by molar-refractivity contribution is 7.89. The van der Waals surface area contributed by atoms with E-state index in [1.54, 1.807) is 6.07 Å². The topological polar surface area (TPSA) is 133 Å². The third-order valence-electron chi connectivity index (χ3n) is 6.12. The molecular weight excluding hydrogens is 535 g/mol. The fraction of sp³-hybridized carbons (Fsp3) is 0.259. The van der Waals surface area contributed by atoms with Gasteiger partial charge in [0, 0.05) is 6.07 Å². The first kappa shape index (κ1) is 28.2. The van der Waals surface area contributed by atoms with Gasteiger partial charge >= 0.3 is 6.18 Å². The van der Waals surface area contributed by atoms with Gasteiger partial charge in [-0.3, -0.25) is 0 Å². The van der Waals surface area contributed by atoms with Crippen molar-refractivity contribution >= 4 is 11.4 Å². The average molecular weight is 558 g/mol. The van der Waals surface area contributed by atoms with Gasteiger partial charge in [-0.1, -0.05) is 30.3 Å². The van der Waals surface area contributed by atoms with Crippen LogP contribution in [0.2, 0.25) is 0 Å². The van der Waals surface area contributed by atoms with Crippen LogP contribution < -0.4 is 9.47 Å². The molecule has 0 spiro atoms. The fourth-order valence-corrected chi connectivity index (χ4v) is 5.38. The van der Waals surface area contributed by atoms with E-state index in [9.17, 15) is 38.5 Å². The van der Waals surface area contributed by atoms with Gasteiger partial charge in [-0.15, -0.1) is 4.31 Å². The van der Waals surface area contributed by atoms with E-state index >= 15 is 0 Å². The maximum atomic E-state index is 13.3. The normalized spacial score (nSPS) is 20.2. The quantitative estimate of drug-likeness (QED) is 0.402. The van der Waals surface area contributed by atoms with Crippen molar-refractivity contribution in [1.29, 1.82) is 10.5 Å². The standard InChI is InChI=1S/C27H22F3N3O5S/c28-27(29,30)21-7-9-24(20(11-21)13-32)39(36)33-14-25(26(35,16-33)17-34)38-22-8-6-19(12-31)10-23(22)37-15-18-4-2-1-3-5-18/h1-11,25,34-35H,14-17H2/t25-,26?,39?/m0/s1. The molecular formula is C27H22F3N3O5S. The second kappa shape index (κ2) is 11.5. The molecule has 12 heteroatoms. The predicted octanol–water partition coefficient (Wildman–Crippen LogP) is 3.54. The van der Waals surface area contributed by atoms with E-state index in [1.807, 2.05) is 36.4 Å². The number of hydrogen-bond donors (Lipinski definition) is 2. The van der Waals surface area contributed by atoms with Crippen molar-refractivity contribution in [2.24, 2.45) is 0 Å². The molecule has 2 N–H and O–H groups in total. The molecule has 0 amide bonds. The summed E-state index contributed by atoms with van der Waals surface area (Å²) in [6, 6.07) is 19.6. The molecule has 0 bridgehead atoms. The maximum Gasteiger partial charge on any atom is 0.416 e. The van der Waals surface area contributed by atoms with E-state index in [0.29, 0.717) is 11.6 Å². The molecule has 1 heterocycles. The van der Waals surface area contributed by atoms with Crippen LogP contribution in [-0.4, -0.2) is 50.5 Å². The monoisotopic (exact) mass is 557 g/mol. The average Bonchev–Trinajstić information content (AvgIpc) is 3.28. The van der Waals surface area contributed by atoms with E-state index in [4.69, 9.17) is 9.47 Å². The zero-order valence-corrected chi connectivity index (χ0v) is 21.1. The highest BCUT2D eigenvalue weighted by Gasteiger charge is 2.52. The summed E-state index contributed by atoms with van der Waals surface area (Å²) < 4.78 is 65.6. The summed E-state index contributed by atoms with van der Waals surface area (Å²) in [5, 5.41) is 39.8. The molecule has 2 unspecified atom stereocenters. The minimum absolute atomic E-state index is 0.154. The van der Waals surface area contributed by atoms with Crippen molar-refractivity contribution in [3.05, 3.63) is 89.0 Å². The summed E-state index contributed by atoms with van der Waals surface area (Å²) in [5.74, 6) is 0.356. The Bertz CT molecular complexity index is 1410. The molecule has 202 valence electrons. The summed E-state index contributed by atoms with van der Waals surface area (Å²) in [6.07, 6.45) is -5.82. The van der Waals surface area contributed by atoms with Crippen LogP contribution in [0, 0.1) is 22.7 Å². The first-order chi connectivity index (χ1) is 18.6. The third kappa shape index (κ3) is 6.28. The molecule has 3 aromatic carbocycles. The number of nitrogens with zero attached hydrogens (tertiary/aromatic N) is 3. The minimum Gasteiger partial charge on any atom is -0.593 e. The molecule has 8 nitrogen and oxygen atoms in total. The maximum absolute atomic E-state index is 13.3.